The van der Waals surface area contributed by atoms with Gasteiger partial charge in [0.25, 0.3) is 0 Å². The van der Waals surface area contributed by atoms with Crippen molar-refractivity contribution in [1.29, 1.82) is 5.26 Å². The average molecular weight is 284 g/mol. The van der Waals surface area contributed by atoms with Crippen LogP contribution < -0.4 is 15.0 Å². The molecule has 1 aromatic carbocycles. The molecule has 0 bridgehead atoms. The van der Waals surface area contributed by atoms with Crippen molar-refractivity contribution in [3.05, 3.63) is 29.8 Å². The molecule has 1 heterocycles. The summed E-state index contributed by atoms with van der Waals surface area (Å²) < 4.78 is 5.09. The third kappa shape index (κ3) is 3.36. The Morgan fingerprint density at radius 2 is 2.14 bits per heavy atom. The molecule has 0 radical (unpaired) electrons. The van der Waals surface area contributed by atoms with Crippen molar-refractivity contribution < 1.29 is 4.74 Å². The van der Waals surface area contributed by atoms with Crippen molar-refractivity contribution in [2.75, 3.05) is 30.9 Å². The van der Waals surface area contributed by atoms with Gasteiger partial charge in [-0.3, -0.25) is 0 Å². The summed E-state index contributed by atoms with van der Waals surface area (Å²) in [7, 11) is 3.33. The second-order valence-corrected chi connectivity index (χ2v) is 4.20. The van der Waals surface area contributed by atoms with E-state index in [1.807, 2.05) is 26.1 Å². The molecule has 0 aliphatic carbocycles. The Morgan fingerprint density at radius 3 is 2.81 bits per heavy atom. The normalized spacial score (nSPS) is 9.81. The van der Waals surface area contributed by atoms with Gasteiger partial charge in [0.2, 0.25) is 11.9 Å². The van der Waals surface area contributed by atoms with Crippen LogP contribution in [0.5, 0.6) is 6.01 Å². The number of anilines is 3. The Balaban J connectivity index is 2.39. The van der Waals surface area contributed by atoms with Crippen LogP contribution in [0.2, 0.25) is 0 Å². The molecular formula is C14H16N6O. The van der Waals surface area contributed by atoms with Crippen LogP contribution in [0.25, 0.3) is 0 Å². The number of hydrogen-bond donors (Lipinski definition) is 1. The Bertz CT molecular complexity index is 667. The van der Waals surface area contributed by atoms with Gasteiger partial charge in [-0.05, 0) is 25.1 Å². The molecule has 0 saturated carbocycles. The Morgan fingerprint density at radius 1 is 1.33 bits per heavy atom. The molecule has 0 aliphatic heterocycles. The number of aromatic nitrogens is 3. The minimum absolute atomic E-state index is 0.235. The molecule has 0 fully saturated rings. The van der Waals surface area contributed by atoms with Gasteiger partial charge >= 0.3 is 6.01 Å². The molecule has 7 heteroatoms. The fourth-order valence-corrected chi connectivity index (χ4v) is 1.72. The standard InChI is InChI=1S/C14H16N6O/c1-4-16-12-17-13(19-14(18-12)21-3)20(2)11-7-5-6-10(8-11)9-15/h5-8H,4H2,1-3H3,(H,16,17,18,19). The predicted octanol–water partition coefficient (Wildman–Crippen LogP) is 1.95. The van der Waals surface area contributed by atoms with Crippen LogP contribution in [-0.4, -0.2) is 35.7 Å². The summed E-state index contributed by atoms with van der Waals surface area (Å²) in [5.41, 5.74) is 1.39. The molecule has 1 N–H and O–H groups in total. The smallest absolute Gasteiger partial charge is 0.322 e. The van der Waals surface area contributed by atoms with E-state index in [0.717, 1.165) is 5.69 Å². The van der Waals surface area contributed by atoms with Gasteiger partial charge in [0, 0.05) is 19.3 Å². The SMILES string of the molecule is CCNc1nc(OC)nc(N(C)c2cccc(C#N)c2)n1. The van der Waals surface area contributed by atoms with E-state index < -0.39 is 0 Å². The second kappa shape index (κ2) is 6.52. The molecule has 0 saturated heterocycles. The molecule has 2 rings (SSSR count). The molecular weight excluding hydrogens is 268 g/mol. The number of rotatable bonds is 5. The van der Waals surface area contributed by atoms with Crippen molar-refractivity contribution in [3.63, 3.8) is 0 Å². The van der Waals surface area contributed by atoms with Crippen LogP contribution in [-0.2, 0) is 0 Å². The quantitative estimate of drug-likeness (QED) is 0.897. The molecule has 0 amide bonds. The maximum atomic E-state index is 8.97. The van der Waals surface area contributed by atoms with E-state index in [9.17, 15) is 0 Å². The first-order valence-electron chi connectivity index (χ1n) is 6.45. The number of nitriles is 1. The summed E-state index contributed by atoms with van der Waals surface area (Å²) in [4.78, 5) is 14.4. The summed E-state index contributed by atoms with van der Waals surface area (Å²) in [5, 5.41) is 12.0. The Hall–Kier alpha value is -2.88. The lowest BCUT2D eigenvalue weighted by Gasteiger charge is -2.18. The molecule has 7 nitrogen and oxygen atoms in total. The highest BCUT2D eigenvalue weighted by Gasteiger charge is 2.12. The Labute approximate surface area is 123 Å². The van der Waals surface area contributed by atoms with Crippen LogP contribution in [0.4, 0.5) is 17.6 Å². The first kappa shape index (κ1) is 14.5. The van der Waals surface area contributed by atoms with Gasteiger partial charge in [0.1, 0.15) is 0 Å². The molecule has 1 aromatic heterocycles. The van der Waals surface area contributed by atoms with E-state index in [0.29, 0.717) is 24.0 Å². The van der Waals surface area contributed by atoms with E-state index in [1.165, 1.54) is 7.11 Å². The highest BCUT2D eigenvalue weighted by Crippen LogP contribution is 2.23. The summed E-state index contributed by atoms with van der Waals surface area (Å²) >= 11 is 0. The lowest BCUT2D eigenvalue weighted by molar-refractivity contribution is 0.379. The highest BCUT2D eigenvalue weighted by atomic mass is 16.5. The van der Waals surface area contributed by atoms with Gasteiger partial charge < -0.3 is 15.0 Å². The maximum Gasteiger partial charge on any atom is 0.322 e. The van der Waals surface area contributed by atoms with Crippen molar-refractivity contribution in [2.24, 2.45) is 0 Å². The van der Waals surface area contributed by atoms with Crippen LogP contribution in [0.3, 0.4) is 0 Å². The Kier molecular flexibility index (Phi) is 4.51. The van der Waals surface area contributed by atoms with Gasteiger partial charge in [0.05, 0.1) is 18.7 Å². The van der Waals surface area contributed by atoms with Crippen molar-refractivity contribution >= 4 is 17.6 Å². The fraction of sp³-hybridized carbons (Fsp3) is 0.286. The fourth-order valence-electron chi connectivity index (χ4n) is 1.72. The first-order valence-corrected chi connectivity index (χ1v) is 6.45. The maximum absolute atomic E-state index is 8.97. The third-order valence-electron chi connectivity index (χ3n) is 2.78. The van der Waals surface area contributed by atoms with E-state index in [1.54, 1.807) is 17.0 Å². The van der Waals surface area contributed by atoms with E-state index in [2.05, 4.69) is 26.3 Å². The second-order valence-electron chi connectivity index (χ2n) is 4.20. The van der Waals surface area contributed by atoms with Gasteiger partial charge in [-0.25, -0.2) is 0 Å². The average Bonchev–Trinajstić information content (AvgIpc) is 2.54. The number of nitrogens with zero attached hydrogens (tertiary/aromatic N) is 5. The van der Waals surface area contributed by atoms with E-state index in [4.69, 9.17) is 10.00 Å². The summed E-state index contributed by atoms with van der Waals surface area (Å²) in [6.45, 7) is 2.65. The topological polar surface area (TPSA) is 87.0 Å². The zero-order valence-electron chi connectivity index (χ0n) is 12.2. The minimum atomic E-state index is 0.235. The molecule has 21 heavy (non-hydrogen) atoms. The number of benzene rings is 1. The van der Waals surface area contributed by atoms with Gasteiger partial charge in [-0.2, -0.15) is 20.2 Å². The first-order chi connectivity index (χ1) is 10.2. The minimum Gasteiger partial charge on any atom is -0.467 e. The van der Waals surface area contributed by atoms with E-state index in [-0.39, 0.29) is 6.01 Å². The number of ether oxygens (including phenoxy) is 1. The number of nitrogens with one attached hydrogen (secondary N) is 1. The molecule has 108 valence electrons. The van der Waals surface area contributed by atoms with E-state index >= 15 is 0 Å². The zero-order valence-corrected chi connectivity index (χ0v) is 12.2. The van der Waals surface area contributed by atoms with Crippen LogP contribution >= 0.6 is 0 Å². The van der Waals surface area contributed by atoms with Crippen molar-refractivity contribution in [1.82, 2.24) is 15.0 Å². The van der Waals surface area contributed by atoms with Gasteiger partial charge in [-0.1, -0.05) is 6.07 Å². The molecule has 0 spiro atoms. The summed E-state index contributed by atoms with van der Waals surface area (Å²) in [5.74, 6) is 0.885. The van der Waals surface area contributed by atoms with Gasteiger partial charge in [0.15, 0.2) is 0 Å². The molecule has 0 atom stereocenters. The largest absolute Gasteiger partial charge is 0.467 e. The van der Waals surface area contributed by atoms with Gasteiger partial charge in [-0.15, -0.1) is 0 Å². The molecule has 0 aliphatic rings. The predicted molar refractivity (Wildman–Crippen MR) is 79.8 cm³/mol. The number of hydrogen-bond acceptors (Lipinski definition) is 7. The van der Waals surface area contributed by atoms with Crippen LogP contribution in [0.1, 0.15) is 12.5 Å². The number of methoxy groups -OCH3 is 1. The monoisotopic (exact) mass is 284 g/mol. The lowest BCUT2D eigenvalue weighted by Crippen LogP contribution is -2.16. The summed E-state index contributed by atoms with van der Waals surface area (Å²) in [6.07, 6.45) is 0. The van der Waals surface area contributed by atoms with Crippen LogP contribution in [0, 0.1) is 11.3 Å². The summed E-state index contributed by atoms with van der Waals surface area (Å²) in [6, 6.07) is 9.55. The van der Waals surface area contributed by atoms with Crippen molar-refractivity contribution in [2.45, 2.75) is 6.92 Å². The molecule has 2 aromatic rings. The molecule has 0 unspecified atom stereocenters. The zero-order chi connectivity index (χ0) is 15.2. The van der Waals surface area contributed by atoms with Crippen LogP contribution in [0.15, 0.2) is 24.3 Å². The van der Waals surface area contributed by atoms with Crippen molar-refractivity contribution in [3.8, 4) is 12.1 Å². The lowest BCUT2D eigenvalue weighted by atomic mass is 10.2. The highest BCUT2D eigenvalue weighted by molar-refractivity contribution is 5.59. The third-order valence-corrected chi connectivity index (χ3v) is 2.78.